The van der Waals surface area contributed by atoms with Crippen LogP contribution in [0.2, 0.25) is 0 Å². The van der Waals surface area contributed by atoms with Crippen LogP contribution in [-0.2, 0) is 39.0 Å². The number of carbonyl (C=O) groups is 3. The summed E-state index contributed by atoms with van der Waals surface area (Å²) in [7, 11) is -2.80. The van der Waals surface area contributed by atoms with Crippen LogP contribution in [0.3, 0.4) is 0 Å². The molecule has 0 atom stereocenters. The minimum Gasteiger partial charge on any atom is -0.495 e. The fourth-order valence-electron chi connectivity index (χ4n) is 3.33. The number of alkyl halides is 3. The van der Waals surface area contributed by atoms with Gasteiger partial charge in [-0.2, -0.15) is 13.2 Å². The summed E-state index contributed by atoms with van der Waals surface area (Å²) in [5.74, 6) is -3.49. The van der Waals surface area contributed by atoms with E-state index in [1.165, 1.54) is 26.2 Å². The zero-order valence-corrected chi connectivity index (χ0v) is 20.8. The number of benzene rings is 2. The van der Waals surface area contributed by atoms with Crippen LogP contribution in [0.25, 0.3) is 0 Å². The van der Waals surface area contributed by atoms with E-state index in [9.17, 15) is 31.2 Å². The minimum atomic E-state index is -5.08. The van der Waals surface area contributed by atoms with Crippen molar-refractivity contribution in [2.24, 2.45) is 0 Å². The number of fused-ring (bicyclic) bond motifs is 1. The van der Waals surface area contributed by atoms with Crippen molar-refractivity contribution in [2.75, 3.05) is 20.2 Å². The van der Waals surface area contributed by atoms with Gasteiger partial charge < -0.3 is 20.5 Å². The van der Waals surface area contributed by atoms with Crippen molar-refractivity contribution in [3.8, 4) is 5.75 Å². The van der Waals surface area contributed by atoms with Crippen molar-refractivity contribution in [3.63, 3.8) is 0 Å². The molecule has 0 radical (unpaired) electrons. The van der Waals surface area contributed by atoms with E-state index in [2.05, 4.69) is 15.4 Å². The van der Waals surface area contributed by atoms with Crippen molar-refractivity contribution in [1.82, 2.24) is 15.4 Å². The predicted octanol–water partition coefficient (Wildman–Crippen LogP) is 1.77. The van der Waals surface area contributed by atoms with Gasteiger partial charge in [-0.1, -0.05) is 12.1 Å². The Kier molecular flexibility index (Phi) is 10.0. The third-order valence-electron chi connectivity index (χ3n) is 5.13. The molecule has 4 N–H and O–H groups in total. The van der Waals surface area contributed by atoms with Gasteiger partial charge in [0.15, 0.2) is 0 Å². The summed E-state index contributed by atoms with van der Waals surface area (Å²) in [5.41, 5.74) is 3.12. The molecule has 202 valence electrons. The SMILES string of the molecule is COc1ccc(CCNC(C)=O)cc1S(=O)(=O)NC(=O)c1ccc2c(c1)CNCC2.O=C(O)C(F)(F)F. The summed E-state index contributed by atoms with van der Waals surface area (Å²) >= 11 is 0. The van der Waals surface area contributed by atoms with Gasteiger partial charge in [0.2, 0.25) is 5.91 Å². The molecule has 1 aliphatic rings. The average Bonchev–Trinajstić information content (AvgIpc) is 2.83. The van der Waals surface area contributed by atoms with Gasteiger partial charge in [-0.05, 0) is 60.3 Å². The van der Waals surface area contributed by atoms with Crippen molar-refractivity contribution >= 4 is 27.8 Å². The highest BCUT2D eigenvalue weighted by molar-refractivity contribution is 7.90. The number of sulfonamides is 1. The monoisotopic (exact) mass is 545 g/mol. The maximum Gasteiger partial charge on any atom is 0.490 e. The van der Waals surface area contributed by atoms with Gasteiger partial charge in [0.1, 0.15) is 10.6 Å². The van der Waals surface area contributed by atoms with E-state index in [1.807, 2.05) is 6.07 Å². The number of carboxylic acid groups (broad SMARTS) is 1. The molecule has 2 aromatic rings. The molecule has 0 saturated heterocycles. The molecule has 2 aromatic carbocycles. The van der Waals surface area contributed by atoms with Gasteiger partial charge >= 0.3 is 12.1 Å². The molecule has 10 nitrogen and oxygen atoms in total. The molecule has 2 amide bonds. The van der Waals surface area contributed by atoms with E-state index >= 15 is 0 Å². The Morgan fingerprint density at radius 3 is 2.38 bits per heavy atom. The highest BCUT2D eigenvalue weighted by Crippen LogP contribution is 2.25. The first kappa shape index (κ1) is 29.6. The highest BCUT2D eigenvalue weighted by atomic mass is 32.2. The number of rotatable bonds is 7. The lowest BCUT2D eigenvalue weighted by atomic mass is 9.98. The van der Waals surface area contributed by atoms with Gasteiger partial charge in [-0.15, -0.1) is 0 Å². The van der Waals surface area contributed by atoms with E-state index in [-0.39, 0.29) is 22.1 Å². The third kappa shape index (κ3) is 8.75. The molecule has 0 aliphatic carbocycles. The highest BCUT2D eigenvalue weighted by Gasteiger charge is 2.38. The van der Waals surface area contributed by atoms with Crippen LogP contribution in [0.5, 0.6) is 5.75 Å². The van der Waals surface area contributed by atoms with E-state index in [4.69, 9.17) is 14.6 Å². The number of nitrogens with one attached hydrogen (secondary N) is 3. The molecule has 37 heavy (non-hydrogen) atoms. The fraction of sp³-hybridized carbons (Fsp3) is 0.348. The van der Waals surface area contributed by atoms with Gasteiger partial charge in [0.05, 0.1) is 7.11 Å². The fourth-order valence-corrected chi connectivity index (χ4v) is 4.52. The Hall–Kier alpha value is -3.65. The quantitative estimate of drug-likeness (QED) is 0.411. The molecule has 0 unspecified atom stereocenters. The first-order valence-electron chi connectivity index (χ1n) is 10.9. The maximum atomic E-state index is 12.9. The molecule has 1 heterocycles. The molecular formula is C23H26F3N3O7S. The first-order valence-corrected chi connectivity index (χ1v) is 12.3. The predicted molar refractivity (Wildman–Crippen MR) is 126 cm³/mol. The van der Waals surface area contributed by atoms with Gasteiger partial charge in [-0.3, -0.25) is 9.59 Å². The van der Waals surface area contributed by atoms with Crippen molar-refractivity contribution in [1.29, 1.82) is 0 Å². The summed E-state index contributed by atoms with van der Waals surface area (Å²) < 4.78 is 64.9. The molecule has 0 saturated carbocycles. The Balaban J connectivity index is 0.000000604. The molecule has 0 fully saturated rings. The lowest BCUT2D eigenvalue weighted by molar-refractivity contribution is -0.192. The van der Waals surface area contributed by atoms with Crippen LogP contribution in [0.1, 0.15) is 34.0 Å². The van der Waals surface area contributed by atoms with Crippen LogP contribution in [0.4, 0.5) is 13.2 Å². The number of aliphatic carboxylic acids is 1. The molecule has 0 spiro atoms. The Bertz CT molecular complexity index is 1260. The summed E-state index contributed by atoms with van der Waals surface area (Å²) in [6.45, 7) is 3.31. The van der Waals surface area contributed by atoms with Gasteiger partial charge in [0, 0.05) is 25.6 Å². The van der Waals surface area contributed by atoms with Crippen LogP contribution in [-0.4, -0.2) is 57.7 Å². The second-order valence-corrected chi connectivity index (χ2v) is 9.52. The molecule has 14 heteroatoms. The molecule has 3 rings (SSSR count). The summed E-state index contributed by atoms with van der Waals surface area (Å²) in [6, 6.07) is 9.92. The van der Waals surface area contributed by atoms with Crippen molar-refractivity contribution < 1.29 is 45.8 Å². The van der Waals surface area contributed by atoms with Crippen molar-refractivity contribution in [3.05, 3.63) is 58.7 Å². The van der Waals surface area contributed by atoms with E-state index in [0.717, 1.165) is 24.1 Å². The Morgan fingerprint density at radius 2 is 1.78 bits per heavy atom. The van der Waals surface area contributed by atoms with Gasteiger partial charge in [0.25, 0.3) is 15.9 Å². The normalized spacial score (nSPS) is 12.9. The van der Waals surface area contributed by atoms with E-state index < -0.39 is 28.1 Å². The zero-order valence-electron chi connectivity index (χ0n) is 19.9. The van der Waals surface area contributed by atoms with E-state index in [0.29, 0.717) is 25.1 Å². The Labute approximate surface area is 211 Å². The molecule has 1 aliphatic heterocycles. The number of carboxylic acids is 1. The second-order valence-electron chi connectivity index (χ2n) is 7.87. The topological polar surface area (TPSA) is 151 Å². The molecule has 0 aromatic heterocycles. The van der Waals surface area contributed by atoms with Crippen LogP contribution in [0.15, 0.2) is 41.3 Å². The van der Waals surface area contributed by atoms with Crippen molar-refractivity contribution in [2.45, 2.75) is 37.4 Å². The molecule has 0 bridgehead atoms. The summed E-state index contributed by atoms with van der Waals surface area (Å²) in [4.78, 5) is 32.4. The van der Waals surface area contributed by atoms with Gasteiger partial charge in [-0.25, -0.2) is 17.9 Å². The summed E-state index contributed by atoms with van der Waals surface area (Å²) in [6.07, 6.45) is -3.77. The number of ether oxygens (including phenoxy) is 1. The van der Waals surface area contributed by atoms with Crippen LogP contribution in [0, 0.1) is 0 Å². The number of halogens is 3. The number of carbonyl (C=O) groups excluding carboxylic acids is 2. The van der Waals surface area contributed by atoms with E-state index in [1.54, 1.807) is 18.2 Å². The van der Waals surface area contributed by atoms with Crippen LogP contribution < -0.4 is 20.1 Å². The Morgan fingerprint density at radius 1 is 1.11 bits per heavy atom. The lowest BCUT2D eigenvalue weighted by Gasteiger charge is -2.18. The number of hydrogen-bond acceptors (Lipinski definition) is 7. The lowest BCUT2D eigenvalue weighted by Crippen LogP contribution is -2.31. The first-order chi connectivity index (χ1) is 17.2. The smallest absolute Gasteiger partial charge is 0.490 e. The minimum absolute atomic E-state index is 0.127. The largest absolute Gasteiger partial charge is 0.495 e. The standard InChI is InChI=1S/C21H25N3O5S.C2HF3O2/c1-14(25)23-10-7-15-3-6-19(29-2)20(11-15)30(27,28)24-21(26)17-5-4-16-8-9-22-13-18(16)12-17;3-2(4,5)1(6)7/h3-6,11-12,22H,7-10,13H2,1-2H3,(H,23,25)(H,24,26);(H,6,7). The maximum absolute atomic E-state index is 12.9. The number of amides is 2. The zero-order chi connectivity index (χ0) is 27.8. The number of hydrogen-bond donors (Lipinski definition) is 4. The number of methoxy groups -OCH3 is 1. The second kappa shape index (κ2) is 12.5. The summed E-state index contributed by atoms with van der Waals surface area (Å²) in [5, 5.41) is 13.0. The average molecular weight is 546 g/mol. The molecular weight excluding hydrogens is 519 g/mol. The third-order valence-corrected chi connectivity index (χ3v) is 6.48. The van der Waals surface area contributed by atoms with Crippen LogP contribution >= 0.6 is 0 Å².